The van der Waals surface area contributed by atoms with Crippen LogP contribution in [0.15, 0.2) is 36.7 Å². The summed E-state index contributed by atoms with van der Waals surface area (Å²) in [4.78, 5) is 25.6. The van der Waals surface area contributed by atoms with Crippen molar-refractivity contribution >= 4 is 23.1 Å². The van der Waals surface area contributed by atoms with Crippen molar-refractivity contribution in [3.8, 4) is 0 Å². The van der Waals surface area contributed by atoms with E-state index in [0.29, 0.717) is 18.9 Å². The van der Waals surface area contributed by atoms with E-state index >= 15 is 0 Å². The van der Waals surface area contributed by atoms with Crippen LogP contribution in [0.5, 0.6) is 0 Å². The van der Waals surface area contributed by atoms with E-state index < -0.39 is 0 Å². The number of carbonyl (C=O) groups excluding carboxylic acids is 1. The molecule has 1 aliphatic rings. The quantitative estimate of drug-likeness (QED) is 0.809. The minimum atomic E-state index is -0.258. The zero-order valence-electron chi connectivity index (χ0n) is 16.0. The van der Waals surface area contributed by atoms with Crippen LogP contribution in [0.25, 0.3) is 0 Å². The first-order chi connectivity index (χ1) is 13.2. The lowest BCUT2D eigenvalue weighted by atomic mass is 10.2. The minimum Gasteiger partial charge on any atom is -0.378 e. The van der Waals surface area contributed by atoms with Gasteiger partial charge in [0.05, 0.1) is 37.0 Å². The monoisotopic (exact) mass is 369 g/mol. The Bertz CT molecular complexity index is 744. The van der Waals surface area contributed by atoms with Crippen LogP contribution in [0, 0.1) is 0 Å². The molecular formula is C20H27N5O2. The van der Waals surface area contributed by atoms with Crippen LogP contribution >= 0.6 is 0 Å². The molecule has 7 nitrogen and oxygen atoms in total. The van der Waals surface area contributed by atoms with Crippen molar-refractivity contribution in [2.75, 3.05) is 55.0 Å². The largest absolute Gasteiger partial charge is 0.378 e. The lowest BCUT2D eigenvalue weighted by Crippen LogP contribution is -2.36. The average molecular weight is 369 g/mol. The van der Waals surface area contributed by atoms with Gasteiger partial charge in [-0.3, -0.25) is 4.79 Å². The number of rotatable bonds is 7. The first-order valence-electron chi connectivity index (χ1n) is 9.45. The molecule has 1 aromatic heterocycles. The van der Waals surface area contributed by atoms with Crippen molar-refractivity contribution in [1.29, 1.82) is 0 Å². The molecule has 1 N–H and O–H groups in total. The van der Waals surface area contributed by atoms with Gasteiger partial charge in [-0.1, -0.05) is 25.5 Å². The SMILES string of the molecule is CCCCN(C)c1cnc(C(=O)Nc2ccccc2N2CCOCC2)cn1. The highest BCUT2D eigenvalue weighted by Crippen LogP contribution is 2.26. The Morgan fingerprint density at radius 2 is 2.00 bits per heavy atom. The third-order valence-corrected chi connectivity index (χ3v) is 4.61. The second-order valence-corrected chi connectivity index (χ2v) is 6.61. The van der Waals surface area contributed by atoms with E-state index in [-0.39, 0.29) is 5.91 Å². The van der Waals surface area contributed by atoms with Crippen molar-refractivity contribution in [3.05, 3.63) is 42.4 Å². The third kappa shape index (κ3) is 4.95. The van der Waals surface area contributed by atoms with E-state index in [9.17, 15) is 4.79 Å². The van der Waals surface area contributed by atoms with Crippen LogP contribution in [-0.2, 0) is 4.74 Å². The van der Waals surface area contributed by atoms with Gasteiger partial charge >= 0.3 is 0 Å². The number of para-hydroxylation sites is 2. The summed E-state index contributed by atoms with van der Waals surface area (Å²) in [5.74, 6) is 0.514. The molecule has 2 aromatic rings. The predicted molar refractivity (Wildman–Crippen MR) is 108 cm³/mol. The van der Waals surface area contributed by atoms with Crippen molar-refractivity contribution in [3.63, 3.8) is 0 Å². The molecule has 1 aliphatic heterocycles. The summed E-state index contributed by atoms with van der Waals surface area (Å²) >= 11 is 0. The van der Waals surface area contributed by atoms with Crippen LogP contribution in [0.2, 0.25) is 0 Å². The van der Waals surface area contributed by atoms with E-state index in [1.54, 1.807) is 6.20 Å². The number of aromatic nitrogens is 2. The summed E-state index contributed by atoms with van der Waals surface area (Å²) < 4.78 is 5.42. The summed E-state index contributed by atoms with van der Waals surface area (Å²) in [6.07, 6.45) is 5.41. The zero-order chi connectivity index (χ0) is 19.1. The third-order valence-electron chi connectivity index (χ3n) is 4.61. The van der Waals surface area contributed by atoms with Gasteiger partial charge in [-0.15, -0.1) is 0 Å². The fraction of sp³-hybridized carbons (Fsp3) is 0.450. The van der Waals surface area contributed by atoms with E-state index in [1.165, 1.54) is 6.20 Å². The molecule has 0 saturated carbocycles. The Morgan fingerprint density at radius 3 is 2.70 bits per heavy atom. The molecular weight excluding hydrogens is 342 g/mol. The topological polar surface area (TPSA) is 70.6 Å². The molecule has 144 valence electrons. The highest BCUT2D eigenvalue weighted by Gasteiger charge is 2.17. The zero-order valence-corrected chi connectivity index (χ0v) is 16.0. The Labute approximate surface area is 160 Å². The standard InChI is InChI=1S/C20H27N5O2/c1-3-4-9-24(2)19-15-21-17(14-22-19)20(26)23-16-7-5-6-8-18(16)25-10-12-27-13-11-25/h5-8,14-15H,3-4,9-13H2,1-2H3,(H,23,26). The number of hydrogen-bond donors (Lipinski definition) is 1. The highest BCUT2D eigenvalue weighted by atomic mass is 16.5. The maximum absolute atomic E-state index is 12.6. The van der Waals surface area contributed by atoms with Crippen LogP contribution in [0.4, 0.5) is 17.2 Å². The van der Waals surface area contributed by atoms with Crippen LogP contribution in [0.3, 0.4) is 0 Å². The molecule has 7 heteroatoms. The van der Waals surface area contributed by atoms with Gasteiger partial charge in [-0.25, -0.2) is 9.97 Å². The van der Waals surface area contributed by atoms with Crippen molar-refractivity contribution in [1.82, 2.24) is 9.97 Å². The summed E-state index contributed by atoms with van der Waals surface area (Å²) in [5.41, 5.74) is 2.08. The van der Waals surface area contributed by atoms with Gasteiger partial charge < -0.3 is 19.9 Å². The van der Waals surface area contributed by atoms with Gasteiger partial charge in [0.15, 0.2) is 0 Å². The van der Waals surface area contributed by atoms with E-state index in [1.807, 2.05) is 36.2 Å². The van der Waals surface area contributed by atoms with Gasteiger partial charge in [0.1, 0.15) is 11.5 Å². The number of anilines is 3. The maximum Gasteiger partial charge on any atom is 0.275 e. The number of benzene rings is 1. The van der Waals surface area contributed by atoms with Crippen molar-refractivity contribution in [2.24, 2.45) is 0 Å². The van der Waals surface area contributed by atoms with Gasteiger partial charge in [0, 0.05) is 26.7 Å². The number of hydrogen-bond acceptors (Lipinski definition) is 6. The van der Waals surface area contributed by atoms with Gasteiger partial charge in [-0.2, -0.15) is 0 Å². The molecule has 0 spiro atoms. The Balaban J connectivity index is 1.69. The first kappa shape index (κ1) is 19.1. The van der Waals surface area contributed by atoms with Crippen LogP contribution in [0.1, 0.15) is 30.3 Å². The second kappa shape index (κ2) is 9.32. The summed E-state index contributed by atoms with van der Waals surface area (Å²) in [7, 11) is 1.98. The smallest absolute Gasteiger partial charge is 0.275 e. The molecule has 0 aliphatic carbocycles. The predicted octanol–water partition coefficient (Wildman–Crippen LogP) is 2.80. The maximum atomic E-state index is 12.6. The molecule has 1 aromatic carbocycles. The van der Waals surface area contributed by atoms with Crippen LogP contribution in [-0.4, -0.2) is 55.8 Å². The number of ether oxygens (including phenoxy) is 1. The molecule has 3 rings (SSSR count). The number of nitrogens with one attached hydrogen (secondary N) is 1. The molecule has 0 radical (unpaired) electrons. The van der Waals surface area contributed by atoms with Crippen molar-refractivity contribution < 1.29 is 9.53 Å². The molecule has 1 fully saturated rings. The second-order valence-electron chi connectivity index (χ2n) is 6.61. The van der Waals surface area contributed by atoms with Crippen LogP contribution < -0.4 is 15.1 Å². The first-order valence-corrected chi connectivity index (χ1v) is 9.45. The molecule has 0 atom stereocenters. The summed E-state index contributed by atoms with van der Waals surface area (Å²) in [6.45, 7) is 6.09. The molecule has 1 saturated heterocycles. The van der Waals surface area contributed by atoms with E-state index in [0.717, 1.165) is 49.7 Å². The molecule has 0 bridgehead atoms. The molecule has 2 heterocycles. The fourth-order valence-corrected chi connectivity index (χ4v) is 2.99. The summed E-state index contributed by atoms with van der Waals surface area (Å²) in [6, 6.07) is 7.81. The Hall–Kier alpha value is -2.67. The normalized spacial score (nSPS) is 14.1. The lowest BCUT2D eigenvalue weighted by Gasteiger charge is -2.30. The molecule has 1 amide bonds. The minimum absolute atomic E-state index is 0.258. The van der Waals surface area contributed by atoms with Gasteiger partial charge in [-0.05, 0) is 18.6 Å². The number of morpholine rings is 1. The summed E-state index contributed by atoms with van der Waals surface area (Å²) in [5, 5.41) is 2.97. The lowest BCUT2D eigenvalue weighted by molar-refractivity contribution is 0.102. The average Bonchev–Trinajstić information content (AvgIpc) is 2.73. The van der Waals surface area contributed by atoms with E-state index in [4.69, 9.17) is 4.74 Å². The van der Waals surface area contributed by atoms with Gasteiger partial charge in [0.25, 0.3) is 5.91 Å². The highest BCUT2D eigenvalue weighted by molar-refractivity contribution is 6.04. The van der Waals surface area contributed by atoms with Gasteiger partial charge in [0.2, 0.25) is 0 Å². The number of unbranched alkanes of at least 4 members (excludes halogenated alkanes) is 1. The number of nitrogens with zero attached hydrogens (tertiary/aromatic N) is 4. The number of amides is 1. The number of carbonyl (C=O) groups is 1. The van der Waals surface area contributed by atoms with E-state index in [2.05, 4.69) is 27.1 Å². The Kier molecular flexibility index (Phi) is 6.59. The fourth-order valence-electron chi connectivity index (χ4n) is 2.99. The van der Waals surface area contributed by atoms with Crippen molar-refractivity contribution in [2.45, 2.75) is 19.8 Å². The molecule has 0 unspecified atom stereocenters. The molecule has 27 heavy (non-hydrogen) atoms. The Morgan fingerprint density at radius 1 is 1.22 bits per heavy atom.